The van der Waals surface area contributed by atoms with Gasteiger partial charge < -0.3 is 15.4 Å². The average molecular weight is 293 g/mol. The summed E-state index contributed by atoms with van der Waals surface area (Å²) in [5.74, 6) is -0.418. The molecule has 1 aromatic carbocycles. The predicted octanol–water partition coefficient (Wildman–Crippen LogP) is 1.93. The Bertz CT molecular complexity index is 541. The van der Waals surface area contributed by atoms with Gasteiger partial charge in [0.1, 0.15) is 5.56 Å². The van der Waals surface area contributed by atoms with E-state index in [0.29, 0.717) is 12.3 Å². The van der Waals surface area contributed by atoms with Crippen LogP contribution in [0.1, 0.15) is 30.1 Å². The Kier molecular flexibility index (Phi) is 4.74. The Morgan fingerprint density at radius 2 is 2.19 bits per heavy atom. The molecule has 0 bridgehead atoms. The molecule has 0 aliphatic heterocycles. The zero-order valence-electron chi connectivity index (χ0n) is 12.1. The zero-order valence-corrected chi connectivity index (χ0v) is 12.1. The molecule has 0 heterocycles. The highest BCUT2D eigenvalue weighted by Crippen LogP contribution is 2.26. The van der Waals surface area contributed by atoms with Crippen LogP contribution < -0.4 is 10.6 Å². The first kappa shape index (κ1) is 15.2. The van der Waals surface area contributed by atoms with Crippen molar-refractivity contribution in [3.8, 4) is 0 Å². The molecule has 0 spiro atoms. The Labute approximate surface area is 122 Å². The minimum Gasteiger partial charge on any atom is -0.388 e. The number of anilines is 1. The van der Waals surface area contributed by atoms with Gasteiger partial charge >= 0.3 is 0 Å². The van der Waals surface area contributed by atoms with E-state index >= 15 is 0 Å². The summed E-state index contributed by atoms with van der Waals surface area (Å²) in [4.78, 5) is 22.7. The topological polar surface area (TPSA) is 93.5 Å². The fourth-order valence-electron chi connectivity index (χ4n) is 2.35. The molecule has 1 aliphatic carbocycles. The summed E-state index contributed by atoms with van der Waals surface area (Å²) in [5.41, 5.74) is 0.547. The maximum absolute atomic E-state index is 12.2. The summed E-state index contributed by atoms with van der Waals surface area (Å²) in [7, 11) is 1.70. The van der Waals surface area contributed by atoms with Crippen molar-refractivity contribution < 1.29 is 14.5 Å². The largest absolute Gasteiger partial charge is 0.388 e. The molecule has 1 fully saturated rings. The zero-order chi connectivity index (χ0) is 15.4. The monoisotopic (exact) mass is 293 g/mol. The SMILES string of the molecule is CCOC1CC(NC(=O)c2cc(NC)ccc2[N+](=O)[O-])C1. The lowest BCUT2D eigenvalue weighted by atomic mass is 9.89. The van der Waals surface area contributed by atoms with Gasteiger partial charge in [-0.05, 0) is 31.9 Å². The quantitative estimate of drug-likeness (QED) is 0.617. The summed E-state index contributed by atoms with van der Waals surface area (Å²) in [6, 6.07) is 4.42. The second-order valence-corrected chi connectivity index (χ2v) is 4.96. The van der Waals surface area contributed by atoms with Crippen molar-refractivity contribution in [3.63, 3.8) is 0 Å². The molecule has 1 saturated carbocycles. The van der Waals surface area contributed by atoms with Crippen LogP contribution in [-0.2, 0) is 4.74 Å². The van der Waals surface area contributed by atoms with Gasteiger partial charge in [0.25, 0.3) is 11.6 Å². The van der Waals surface area contributed by atoms with E-state index in [1.54, 1.807) is 13.1 Å². The van der Waals surface area contributed by atoms with Gasteiger partial charge in [0.2, 0.25) is 0 Å². The van der Waals surface area contributed by atoms with Crippen LogP contribution in [0.4, 0.5) is 11.4 Å². The molecule has 1 aromatic rings. The van der Waals surface area contributed by atoms with Crippen LogP contribution in [0, 0.1) is 10.1 Å². The Balaban J connectivity index is 2.06. The lowest BCUT2D eigenvalue weighted by Gasteiger charge is -2.35. The number of ether oxygens (including phenoxy) is 1. The maximum Gasteiger partial charge on any atom is 0.282 e. The number of nitrogens with zero attached hydrogens (tertiary/aromatic N) is 1. The number of benzene rings is 1. The number of hydrogen-bond acceptors (Lipinski definition) is 5. The Hall–Kier alpha value is -2.15. The third-order valence-corrected chi connectivity index (χ3v) is 3.56. The smallest absolute Gasteiger partial charge is 0.282 e. The number of nitro groups is 1. The minimum absolute atomic E-state index is 0.0203. The molecular weight excluding hydrogens is 274 g/mol. The standard InChI is InChI=1S/C14H19N3O4/c1-3-21-11-6-10(7-11)16-14(18)12-8-9(15-2)4-5-13(12)17(19)20/h4-5,8,10-11,15H,3,6-7H2,1-2H3,(H,16,18). The van der Waals surface area contributed by atoms with Crippen molar-refractivity contribution in [2.24, 2.45) is 0 Å². The lowest BCUT2D eigenvalue weighted by Crippen LogP contribution is -2.47. The van der Waals surface area contributed by atoms with E-state index in [9.17, 15) is 14.9 Å². The maximum atomic E-state index is 12.2. The summed E-state index contributed by atoms with van der Waals surface area (Å²) in [6.07, 6.45) is 1.68. The van der Waals surface area contributed by atoms with Gasteiger partial charge in [0.15, 0.2) is 0 Å². The van der Waals surface area contributed by atoms with Gasteiger partial charge in [-0.25, -0.2) is 0 Å². The molecule has 0 saturated heterocycles. The van der Waals surface area contributed by atoms with Crippen LogP contribution in [0.5, 0.6) is 0 Å². The minimum atomic E-state index is -0.544. The molecule has 1 amide bonds. The van der Waals surface area contributed by atoms with Crippen molar-refractivity contribution in [2.45, 2.75) is 31.9 Å². The summed E-state index contributed by atoms with van der Waals surface area (Å²) >= 11 is 0. The summed E-state index contributed by atoms with van der Waals surface area (Å²) < 4.78 is 5.42. The van der Waals surface area contributed by atoms with E-state index < -0.39 is 10.8 Å². The summed E-state index contributed by atoms with van der Waals surface area (Å²) in [5, 5.41) is 16.7. The fraction of sp³-hybridized carbons (Fsp3) is 0.500. The van der Waals surface area contributed by atoms with E-state index in [1.807, 2.05) is 6.92 Å². The molecule has 7 heteroatoms. The third-order valence-electron chi connectivity index (χ3n) is 3.56. The number of carbonyl (C=O) groups excluding carboxylic acids is 1. The van der Waals surface area contributed by atoms with Crippen molar-refractivity contribution in [1.29, 1.82) is 0 Å². The van der Waals surface area contributed by atoms with Crippen molar-refractivity contribution >= 4 is 17.3 Å². The molecule has 114 valence electrons. The molecule has 21 heavy (non-hydrogen) atoms. The van der Waals surface area contributed by atoms with Gasteiger partial charge in [-0.15, -0.1) is 0 Å². The molecule has 0 radical (unpaired) electrons. The fourth-order valence-corrected chi connectivity index (χ4v) is 2.35. The Morgan fingerprint density at radius 3 is 2.76 bits per heavy atom. The average Bonchev–Trinajstić information content (AvgIpc) is 2.44. The second kappa shape index (κ2) is 6.53. The van der Waals surface area contributed by atoms with E-state index in [4.69, 9.17) is 4.74 Å². The molecule has 1 aliphatic rings. The van der Waals surface area contributed by atoms with Gasteiger partial charge in [-0.2, -0.15) is 0 Å². The van der Waals surface area contributed by atoms with Gasteiger partial charge in [-0.1, -0.05) is 0 Å². The number of hydrogen-bond donors (Lipinski definition) is 2. The van der Waals surface area contributed by atoms with E-state index in [1.165, 1.54) is 12.1 Å². The van der Waals surface area contributed by atoms with Crippen LogP contribution >= 0.6 is 0 Å². The molecule has 0 aromatic heterocycles. The number of nitrogens with one attached hydrogen (secondary N) is 2. The number of nitro benzene ring substituents is 1. The molecule has 0 unspecified atom stereocenters. The van der Waals surface area contributed by atoms with Crippen molar-refractivity contribution in [2.75, 3.05) is 19.0 Å². The van der Waals surface area contributed by atoms with Crippen molar-refractivity contribution in [3.05, 3.63) is 33.9 Å². The molecular formula is C14H19N3O4. The highest BCUT2D eigenvalue weighted by Gasteiger charge is 2.32. The molecule has 2 N–H and O–H groups in total. The first-order valence-electron chi connectivity index (χ1n) is 6.93. The first-order valence-corrected chi connectivity index (χ1v) is 6.93. The van der Waals surface area contributed by atoms with Crippen molar-refractivity contribution in [1.82, 2.24) is 5.32 Å². The van der Waals surface area contributed by atoms with Crippen LogP contribution in [0.2, 0.25) is 0 Å². The highest BCUT2D eigenvalue weighted by atomic mass is 16.6. The van der Waals surface area contributed by atoms with E-state index in [-0.39, 0.29) is 23.4 Å². The van der Waals surface area contributed by atoms with Gasteiger partial charge in [0.05, 0.1) is 11.0 Å². The lowest BCUT2D eigenvalue weighted by molar-refractivity contribution is -0.385. The normalized spacial score (nSPS) is 20.5. The van der Waals surface area contributed by atoms with Crippen LogP contribution in [0.25, 0.3) is 0 Å². The van der Waals surface area contributed by atoms with E-state index in [0.717, 1.165) is 12.8 Å². The van der Waals surface area contributed by atoms with E-state index in [2.05, 4.69) is 10.6 Å². The van der Waals surface area contributed by atoms with Gasteiger partial charge in [-0.3, -0.25) is 14.9 Å². The number of rotatable bonds is 6. The highest BCUT2D eigenvalue weighted by molar-refractivity contribution is 5.99. The van der Waals surface area contributed by atoms with Crippen LogP contribution in [0.3, 0.4) is 0 Å². The number of carbonyl (C=O) groups is 1. The molecule has 0 atom stereocenters. The van der Waals surface area contributed by atoms with Crippen LogP contribution in [-0.4, -0.2) is 36.6 Å². The molecule has 7 nitrogen and oxygen atoms in total. The predicted molar refractivity (Wildman–Crippen MR) is 78.5 cm³/mol. The molecule has 2 rings (SSSR count). The van der Waals surface area contributed by atoms with Gasteiger partial charge in [0, 0.05) is 31.5 Å². The van der Waals surface area contributed by atoms with Crippen LogP contribution in [0.15, 0.2) is 18.2 Å². The Morgan fingerprint density at radius 1 is 1.48 bits per heavy atom. The third kappa shape index (κ3) is 3.49. The summed E-state index contributed by atoms with van der Waals surface area (Å²) in [6.45, 7) is 2.58. The number of amides is 1. The first-order chi connectivity index (χ1) is 10.0. The second-order valence-electron chi connectivity index (χ2n) is 4.96.